The number of halogens is 1. The van der Waals surface area contributed by atoms with Gasteiger partial charge in [-0.1, -0.05) is 12.1 Å². The van der Waals surface area contributed by atoms with Gasteiger partial charge < -0.3 is 10.4 Å². The highest BCUT2D eigenvalue weighted by Gasteiger charge is 2.12. The Morgan fingerprint density at radius 1 is 1.33 bits per heavy atom. The zero-order valence-electron chi connectivity index (χ0n) is 11.4. The minimum atomic E-state index is -0.553. The second-order valence-electron chi connectivity index (χ2n) is 4.62. The monoisotopic (exact) mass is 284 g/mol. The van der Waals surface area contributed by atoms with Crippen molar-refractivity contribution in [2.24, 2.45) is 0 Å². The largest absolute Gasteiger partial charge is 0.507 e. The first-order valence-electron chi connectivity index (χ1n) is 6.27. The lowest BCUT2D eigenvalue weighted by molar-refractivity contribution is 0.0948. The molecule has 4 nitrogen and oxygen atoms in total. The summed E-state index contributed by atoms with van der Waals surface area (Å²) in [5.74, 6) is -1.16. The van der Waals surface area contributed by atoms with Gasteiger partial charge in [-0.2, -0.15) is 5.26 Å². The van der Waals surface area contributed by atoms with Crippen LogP contribution in [0.4, 0.5) is 4.39 Å². The minimum Gasteiger partial charge on any atom is -0.507 e. The molecule has 1 amide bonds. The molecule has 0 aromatic heterocycles. The van der Waals surface area contributed by atoms with E-state index < -0.39 is 11.7 Å². The first-order valence-corrected chi connectivity index (χ1v) is 6.27. The number of hydrogen-bond donors (Lipinski definition) is 2. The molecule has 0 fully saturated rings. The molecule has 0 aliphatic carbocycles. The molecule has 0 aliphatic rings. The van der Waals surface area contributed by atoms with E-state index in [1.54, 1.807) is 13.0 Å². The van der Waals surface area contributed by atoms with Gasteiger partial charge in [0.15, 0.2) is 0 Å². The molecular weight excluding hydrogens is 271 g/mol. The van der Waals surface area contributed by atoms with E-state index in [1.807, 2.05) is 6.07 Å². The van der Waals surface area contributed by atoms with Crippen LogP contribution in [0, 0.1) is 24.1 Å². The third-order valence-corrected chi connectivity index (χ3v) is 3.02. The lowest BCUT2D eigenvalue weighted by Crippen LogP contribution is -2.23. The third-order valence-electron chi connectivity index (χ3n) is 3.02. The van der Waals surface area contributed by atoms with Gasteiger partial charge in [-0.15, -0.1) is 0 Å². The Labute approximate surface area is 121 Å². The van der Waals surface area contributed by atoms with Gasteiger partial charge in [0.05, 0.1) is 17.2 Å². The fraction of sp³-hybridized carbons (Fsp3) is 0.125. The van der Waals surface area contributed by atoms with Crippen LogP contribution in [0.2, 0.25) is 0 Å². The number of phenols is 1. The summed E-state index contributed by atoms with van der Waals surface area (Å²) in [6.07, 6.45) is 0. The summed E-state index contributed by atoms with van der Waals surface area (Å²) < 4.78 is 13.7. The third kappa shape index (κ3) is 3.37. The predicted octanol–water partition coefficient (Wildman–Crippen LogP) is 2.64. The molecule has 0 atom stereocenters. The molecule has 0 unspecified atom stereocenters. The van der Waals surface area contributed by atoms with E-state index >= 15 is 0 Å². The number of nitrogens with zero attached hydrogens (tertiary/aromatic N) is 1. The Bertz CT molecular complexity index is 736. The number of benzene rings is 2. The summed E-state index contributed by atoms with van der Waals surface area (Å²) in [5, 5.41) is 20.9. The Morgan fingerprint density at radius 2 is 2.10 bits per heavy atom. The molecule has 0 radical (unpaired) electrons. The summed E-state index contributed by atoms with van der Waals surface area (Å²) in [4.78, 5) is 11.9. The molecule has 0 saturated carbocycles. The molecule has 0 heterocycles. The van der Waals surface area contributed by atoms with Crippen molar-refractivity contribution >= 4 is 5.91 Å². The zero-order chi connectivity index (χ0) is 15.4. The minimum absolute atomic E-state index is 0.0241. The number of phenolic OH excluding ortho intramolecular Hbond substituents is 1. The van der Waals surface area contributed by atoms with Crippen molar-refractivity contribution in [2.45, 2.75) is 13.5 Å². The number of hydrogen-bond acceptors (Lipinski definition) is 3. The molecular formula is C16H13FN2O2. The van der Waals surface area contributed by atoms with Crippen LogP contribution in [0.1, 0.15) is 27.0 Å². The average Bonchev–Trinajstić information content (AvgIpc) is 2.45. The number of carbonyl (C=O) groups is 1. The standard InChI is InChI=1S/C16H13FN2O2/c1-10-2-5-13(15(20)6-10)16(21)19-9-12-4-3-11(8-18)7-14(12)17/h2-7,20H,9H2,1H3,(H,19,21). The van der Waals surface area contributed by atoms with Gasteiger partial charge in [-0.25, -0.2) is 4.39 Å². The molecule has 0 aliphatic heterocycles. The first-order chi connectivity index (χ1) is 10.0. The van der Waals surface area contributed by atoms with E-state index in [1.165, 1.54) is 24.3 Å². The normalized spacial score (nSPS) is 9.95. The van der Waals surface area contributed by atoms with Crippen molar-refractivity contribution in [3.05, 3.63) is 64.5 Å². The van der Waals surface area contributed by atoms with Crippen LogP contribution in [0.3, 0.4) is 0 Å². The molecule has 106 valence electrons. The quantitative estimate of drug-likeness (QED) is 0.910. The number of nitriles is 1. The topological polar surface area (TPSA) is 73.1 Å². The van der Waals surface area contributed by atoms with Crippen molar-refractivity contribution in [2.75, 3.05) is 0 Å². The van der Waals surface area contributed by atoms with Crippen LogP contribution in [0.15, 0.2) is 36.4 Å². The number of amides is 1. The maximum atomic E-state index is 13.7. The van der Waals surface area contributed by atoms with E-state index in [2.05, 4.69) is 5.32 Å². The molecule has 2 rings (SSSR count). The van der Waals surface area contributed by atoms with E-state index in [4.69, 9.17) is 5.26 Å². The first kappa shape index (κ1) is 14.5. The highest BCUT2D eigenvalue weighted by atomic mass is 19.1. The van der Waals surface area contributed by atoms with Gasteiger partial charge in [0.25, 0.3) is 5.91 Å². The zero-order valence-corrected chi connectivity index (χ0v) is 11.4. The molecule has 21 heavy (non-hydrogen) atoms. The van der Waals surface area contributed by atoms with Gasteiger partial charge >= 0.3 is 0 Å². The lowest BCUT2D eigenvalue weighted by atomic mass is 10.1. The molecule has 2 N–H and O–H groups in total. The maximum absolute atomic E-state index is 13.7. The van der Waals surface area contributed by atoms with Crippen molar-refractivity contribution in [3.63, 3.8) is 0 Å². The van der Waals surface area contributed by atoms with E-state index in [0.29, 0.717) is 0 Å². The highest BCUT2D eigenvalue weighted by molar-refractivity contribution is 5.96. The van der Waals surface area contributed by atoms with Crippen molar-refractivity contribution in [1.82, 2.24) is 5.32 Å². The van der Waals surface area contributed by atoms with Crippen molar-refractivity contribution in [3.8, 4) is 11.8 Å². The van der Waals surface area contributed by atoms with E-state index in [-0.39, 0.29) is 29.0 Å². The smallest absolute Gasteiger partial charge is 0.255 e. The van der Waals surface area contributed by atoms with Gasteiger partial charge in [0, 0.05) is 12.1 Å². The summed E-state index contributed by atoms with van der Waals surface area (Å²) in [5.41, 5.74) is 1.46. The van der Waals surface area contributed by atoms with E-state index in [0.717, 1.165) is 11.6 Å². The fourth-order valence-corrected chi connectivity index (χ4v) is 1.86. The van der Waals surface area contributed by atoms with Crippen molar-refractivity contribution < 1.29 is 14.3 Å². The second-order valence-corrected chi connectivity index (χ2v) is 4.62. The van der Waals surface area contributed by atoms with Gasteiger partial charge in [0.2, 0.25) is 0 Å². The van der Waals surface area contributed by atoms with Crippen LogP contribution >= 0.6 is 0 Å². The number of aromatic hydroxyl groups is 1. The van der Waals surface area contributed by atoms with Crippen molar-refractivity contribution in [1.29, 1.82) is 5.26 Å². The SMILES string of the molecule is Cc1ccc(C(=O)NCc2ccc(C#N)cc2F)c(O)c1. The lowest BCUT2D eigenvalue weighted by Gasteiger charge is -2.08. The van der Waals surface area contributed by atoms with Crippen LogP contribution in [0.25, 0.3) is 0 Å². The second kappa shape index (κ2) is 6.06. The Balaban J connectivity index is 2.09. The summed E-state index contributed by atoms with van der Waals surface area (Å²) in [6, 6.07) is 10.6. The van der Waals surface area contributed by atoms with Gasteiger partial charge in [0.1, 0.15) is 11.6 Å². The highest BCUT2D eigenvalue weighted by Crippen LogP contribution is 2.18. The number of aryl methyl sites for hydroxylation is 1. The summed E-state index contributed by atoms with van der Waals surface area (Å²) in [6.45, 7) is 1.78. The van der Waals surface area contributed by atoms with E-state index in [9.17, 15) is 14.3 Å². The predicted molar refractivity (Wildman–Crippen MR) is 75.1 cm³/mol. The average molecular weight is 284 g/mol. The van der Waals surface area contributed by atoms with Crippen LogP contribution in [-0.4, -0.2) is 11.0 Å². The molecule has 0 spiro atoms. The van der Waals surface area contributed by atoms with Gasteiger partial charge in [-0.05, 0) is 36.8 Å². The summed E-state index contributed by atoms with van der Waals surface area (Å²) in [7, 11) is 0. The maximum Gasteiger partial charge on any atom is 0.255 e. The number of rotatable bonds is 3. The molecule has 2 aromatic rings. The van der Waals surface area contributed by atoms with Crippen LogP contribution in [-0.2, 0) is 6.54 Å². The fourth-order valence-electron chi connectivity index (χ4n) is 1.86. The molecule has 0 saturated heterocycles. The van der Waals surface area contributed by atoms with Gasteiger partial charge in [-0.3, -0.25) is 4.79 Å². The molecule has 2 aromatic carbocycles. The Hall–Kier alpha value is -2.87. The number of nitrogens with one attached hydrogen (secondary N) is 1. The molecule has 0 bridgehead atoms. The Kier molecular flexibility index (Phi) is 4.19. The Morgan fingerprint density at radius 3 is 2.71 bits per heavy atom. The number of carbonyl (C=O) groups excluding carboxylic acids is 1. The van der Waals surface area contributed by atoms with Crippen LogP contribution in [0.5, 0.6) is 5.75 Å². The summed E-state index contributed by atoms with van der Waals surface area (Å²) >= 11 is 0. The van der Waals surface area contributed by atoms with Crippen LogP contribution < -0.4 is 5.32 Å². The molecule has 5 heteroatoms.